The third kappa shape index (κ3) is 6.55. The first kappa shape index (κ1) is 20.5. The quantitative estimate of drug-likeness (QED) is 0.793. The molecule has 1 aliphatic heterocycles. The summed E-state index contributed by atoms with van der Waals surface area (Å²) in [4.78, 5) is 24.5. The summed E-state index contributed by atoms with van der Waals surface area (Å²) in [5.41, 5.74) is 0.990. The number of likely N-dealkylation sites (tertiary alicyclic amines) is 1. The molecule has 2 amide bonds. The molecule has 0 aliphatic carbocycles. The van der Waals surface area contributed by atoms with E-state index in [4.69, 9.17) is 33.1 Å². The minimum Gasteiger partial charge on any atom is -0.483 e. The summed E-state index contributed by atoms with van der Waals surface area (Å²) in [7, 11) is 3.93. The highest BCUT2D eigenvalue weighted by molar-refractivity contribution is 6.35. The molecule has 1 aromatic rings. The van der Waals surface area contributed by atoms with Crippen LogP contribution in [0.3, 0.4) is 0 Å². The van der Waals surface area contributed by atoms with Gasteiger partial charge >= 0.3 is 6.03 Å². The van der Waals surface area contributed by atoms with E-state index in [9.17, 15) is 4.79 Å². The second-order valence-corrected chi connectivity index (χ2v) is 6.48. The van der Waals surface area contributed by atoms with Gasteiger partial charge in [-0.1, -0.05) is 29.3 Å². The summed E-state index contributed by atoms with van der Waals surface area (Å²) >= 11 is 12.0. The molecule has 2 N–H and O–H groups in total. The van der Waals surface area contributed by atoms with Crippen LogP contribution in [0.15, 0.2) is 18.2 Å². The van der Waals surface area contributed by atoms with Gasteiger partial charge in [-0.05, 0) is 44.1 Å². The Hall–Kier alpha value is -1.50. The maximum atomic E-state index is 12.1. The van der Waals surface area contributed by atoms with Crippen LogP contribution in [-0.4, -0.2) is 67.2 Å². The summed E-state index contributed by atoms with van der Waals surface area (Å²) in [5, 5.41) is 11.1. The van der Waals surface area contributed by atoms with Crippen molar-refractivity contribution in [3.05, 3.63) is 33.8 Å². The largest absolute Gasteiger partial charge is 0.483 e. The Kier molecular flexibility index (Phi) is 8.89. The number of nitrogens with one attached hydrogen (secondary N) is 1. The number of carbonyl (C=O) groups excluding carboxylic acids is 1. The topological polar surface area (TPSA) is 72.9 Å². The number of urea groups is 1. The van der Waals surface area contributed by atoms with Crippen molar-refractivity contribution in [3.63, 3.8) is 0 Å². The van der Waals surface area contributed by atoms with Crippen molar-refractivity contribution in [3.8, 4) is 0 Å². The molecule has 1 saturated heterocycles. The monoisotopic (exact) mass is 375 g/mol. The number of hydrogen-bond donors (Lipinski definition) is 2. The SMILES string of the molecule is CN1CCC(N(C)C(=O)NCCc2ccc(Cl)cc2Cl)C1.O=CO. The number of likely N-dealkylation sites (N-methyl/N-ethyl adjacent to an activating group) is 2. The molecule has 8 heteroatoms. The molecular formula is C16H23Cl2N3O3. The molecule has 1 aromatic carbocycles. The Labute approximate surface area is 152 Å². The number of halogens is 2. The van der Waals surface area contributed by atoms with Crippen molar-refractivity contribution in [1.29, 1.82) is 0 Å². The molecule has 24 heavy (non-hydrogen) atoms. The average Bonchev–Trinajstić information content (AvgIpc) is 2.96. The Morgan fingerprint density at radius 2 is 2.17 bits per heavy atom. The fourth-order valence-electron chi connectivity index (χ4n) is 2.55. The van der Waals surface area contributed by atoms with E-state index in [0.29, 0.717) is 29.1 Å². The van der Waals surface area contributed by atoms with E-state index in [2.05, 4.69) is 17.3 Å². The second-order valence-electron chi connectivity index (χ2n) is 5.64. The highest BCUT2D eigenvalue weighted by Gasteiger charge is 2.26. The first-order chi connectivity index (χ1) is 11.4. The molecule has 1 atom stereocenters. The third-order valence-corrected chi connectivity index (χ3v) is 4.51. The van der Waals surface area contributed by atoms with Crippen LogP contribution in [-0.2, 0) is 11.2 Å². The van der Waals surface area contributed by atoms with Crippen LogP contribution in [0.2, 0.25) is 10.0 Å². The van der Waals surface area contributed by atoms with E-state index in [1.807, 2.05) is 19.2 Å². The maximum Gasteiger partial charge on any atom is 0.317 e. The van der Waals surface area contributed by atoms with E-state index in [0.717, 1.165) is 25.1 Å². The highest BCUT2D eigenvalue weighted by atomic mass is 35.5. The number of rotatable bonds is 4. The van der Waals surface area contributed by atoms with Gasteiger partial charge in [0.1, 0.15) is 0 Å². The van der Waals surface area contributed by atoms with Crippen LogP contribution >= 0.6 is 23.2 Å². The van der Waals surface area contributed by atoms with Crippen molar-refractivity contribution in [1.82, 2.24) is 15.1 Å². The Bertz CT molecular complexity index is 557. The number of carbonyl (C=O) groups is 2. The highest BCUT2D eigenvalue weighted by Crippen LogP contribution is 2.21. The second kappa shape index (κ2) is 10.4. The lowest BCUT2D eigenvalue weighted by molar-refractivity contribution is -0.122. The minimum absolute atomic E-state index is 0.0274. The number of hydrogen-bond acceptors (Lipinski definition) is 3. The van der Waals surface area contributed by atoms with Gasteiger partial charge in [0.15, 0.2) is 0 Å². The Morgan fingerprint density at radius 3 is 2.71 bits per heavy atom. The summed E-state index contributed by atoms with van der Waals surface area (Å²) in [6.45, 7) is 2.29. The number of amides is 2. The van der Waals surface area contributed by atoms with Gasteiger partial charge in [0.2, 0.25) is 0 Å². The first-order valence-corrected chi connectivity index (χ1v) is 8.35. The number of carboxylic acid groups (broad SMARTS) is 1. The molecule has 2 rings (SSSR count). The molecule has 1 aliphatic rings. The molecule has 0 radical (unpaired) electrons. The van der Waals surface area contributed by atoms with E-state index in [-0.39, 0.29) is 12.5 Å². The van der Waals surface area contributed by atoms with E-state index in [1.54, 1.807) is 11.0 Å². The summed E-state index contributed by atoms with van der Waals surface area (Å²) < 4.78 is 0. The third-order valence-electron chi connectivity index (χ3n) is 3.92. The standard InChI is InChI=1S/C15H21Cl2N3O.CH2O2/c1-19-8-6-13(10-19)20(2)15(21)18-7-5-11-3-4-12(16)9-14(11)17;2-1-3/h3-4,9,13H,5-8,10H2,1-2H3,(H,18,21);1H,(H,2,3). The van der Waals surface area contributed by atoms with Crippen LogP contribution in [0, 0.1) is 0 Å². The number of benzene rings is 1. The van der Waals surface area contributed by atoms with Crippen molar-refractivity contribution in [2.75, 3.05) is 33.7 Å². The lowest BCUT2D eigenvalue weighted by atomic mass is 10.1. The zero-order chi connectivity index (χ0) is 18.1. The normalized spacial score (nSPS) is 16.9. The fourth-order valence-corrected chi connectivity index (χ4v) is 3.05. The lowest BCUT2D eigenvalue weighted by Crippen LogP contribution is -2.45. The first-order valence-electron chi connectivity index (χ1n) is 7.60. The van der Waals surface area contributed by atoms with Crippen LogP contribution in [0.5, 0.6) is 0 Å². The van der Waals surface area contributed by atoms with E-state index >= 15 is 0 Å². The zero-order valence-electron chi connectivity index (χ0n) is 13.8. The van der Waals surface area contributed by atoms with Crippen molar-refractivity contribution in [2.45, 2.75) is 18.9 Å². The van der Waals surface area contributed by atoms with Gasteiger partial charge in [-0.2, -0.15) is 0 Å². The fraction of sp³-hybridized carbons (Fsp3) is 0.500. The molecule has 1 heterocycles. The van der Waals surface area contributed by atoms with Crippen molar-refractivity contribution < 1.29 is 14.7 Å². The van der Waals surface area contributed by atoms with Crippen LogP contribution in [0.1, 0.15) is 12.0 Å². The van der Waals surface area contributed by atoms with Gasteiger partial charge in [0, 0.05) is 36.2 Å². The molecular weight excluding hydrogens is 353 g/mol. The molecule has 0 saturated carbocycles. The predicted octanol–water partition coefficient (Wildman–Crippen LogP) is 2.58. The van der Waals surface area contributed by atoms with Gasteiger partial charge < -0.3 is 20.2 Å². The van der Waals surface area contributed by atoms with E-state index in [1.165, 1.54) is 0 Å². The van der Waals surface area contributed by atoms with Gasteiger partial charge in [-0.15, -0.1) is 0 Å². The van der Waals surface area contributed by atoms with Crippen molar-refractivity contribution >= 4 is 35.7 Å². The molecule has 0 aromatic heterocycles. The molecule has 6 nitrogen and oxygen atoms in total. The molecule has 0 spiro atoms. The minimum atomic E-state index is -0.250. The zero-order valence-corrected chi connectivity index (χ0v) is 15.3. The van der Waals surface area contributed by atoms with Gasteiger partial charge in [0.05, 0.1) is 0 Å². The van der Waals surface area contributed by atoms with Gasteiger partial charge in [0.25, 0.3) is 6.47 Å². The van der Waals surface area contributed by atoms with Crippen LogP contribution < -0.4 is 5.32 Å². The summed E-state index contributed by atoms with van der Waals surface area (Å²) in [6.07, 6.45) is 1.73. The molecule has 1 fully saturated rings. The smallest absolute Gasteiger partial charge is 0.317 e. The summed E-state index contributed by atoms with van der Waals surface area (Å²) in [5.74, 6) is 0. The van der Waals surface area contributed by atoms with Crippen LogP contribution in [0.25, 0.3) is 0 Å². The molecule has 1 unspecified atom stereocenters. The van der Waals surface area contributed by atoms with Crippen LogP contribution in [0.4, 0.5) is 4.79 Å². The van der Waals surface area contributed by atoms with Gasteiger partial charge in [-0.25, -0.2) is 4.79 Å². The van der Waals surface area contributed by atoms with E-state index < -0.39 is 0 Å². The van der Waals surface area contributed by atoms with Gasteiger partial charge in [-0.3, -0.25) is 4.79 Å². The number of nitrogens with zero attached hydrogens (tertiary/aromatic N) is 2. The lowest BCUT2D eigenvalue weighted by Gasteiger charge is -2.24. The Balaban J connectivity index is 0.000000891. The predicted molar refractivity (Wildman–Crippen MR) is 95.9 cm³/mol. The summed E-state index contributed by atoms with van der Waals surface area (Å²) in [6, 6.07) is 5.70. The Morgan fingerprint density at radius 1 is 1.50 bits per heavy atom. The maximum absolute atomic E-state index is 12.1. The molecule has 0 bridgehead atoms. The van der Waals surface area contributed by atoms with Crippen molar-refractivity contribution in [2.24, 2.45) is 0 Å². The molecule has 134 valence electrons. The average molecular weight is 376 g/mol.